The van der Waals surface area contributed by atoms with E-state index < -0.39 is 5.97 Å². The van der Waals surface area contributed by atoms with Crippen molar-refractivity contribution < 1.29 is 9.90 Å². The number of aromatic nitrogens is 1. The Balaban J connectivity index is 2.19. The Hall–Kier alpha value is -1.40. The number of thiophene rings is 1. The number of hydrogen-bond acceptors (Lipinski definition) is 5. The van der Waals surface area contributed by atoms with Crippen LogP contribution < -0.4 is 4.90 Å². The second-order valence-corrected chi connectivity index (χ2v) is 6.07. The van der Waals surface area contributed by atoms with Crippen LogP contribution in [0.25, 0.3) is 0 Å². The maximum atomic E-state index is 11.2. The Bertz CT molecular complexity index is 549. The zero-order chi connectivity index (χ0) is 13.8. The second kappa shape index (κ2) is 6.16. The molecule has 0 saturated carbocycles. The molecule has 102 valence electrons. The fourth-order valence-electron chi connectivity index (χ4n) is 1.80. The van der Waals surface area contributed by atoms with E-state index in [1.165, 1.54) is 16.9 Å². The van der Waals surface area contributed by atoms with Crippen LogP contribution in [0.5, 0.6) is 0 Å². The first-order valence-electron chi connectivity index (χ1n) is 6.07. The van der Waals surface area contributed by atoms with Crippen LogP contribution in [-0.2, 0) is 13.0 Å². The molecule has 0 amide bonds. The molecule has 2 heterocycles. The van der Waals surface area contributed by atoms with Crippen molar-refractivity contribution in [2.45, 2.75) is 26.3 Å². The van der Waals surface area contributed by atoms with Crippen LogP contribution in [0.3, 0.4) is 0 Å². The summed E-state index contributed by atoms with van der Waals surface area (Å²) in [5, 5.41) is 14.1. The first-order chi connectivity index (χ1) is 9.11. The van der Waals surface area contributed by atoms with Crippen molar-refractivity contribution >= 4 is 33.8 Å². The van der Waals surface area contributed by atoms with E-state index in [0.29, 0.717) is 17.0 Å². The molecule has 0 saturated heterocycles. The van der Waals surface area contributed by atoms with Gasteiger partial charge in [-0.05, 0) is 28.8 Å². The molecule has 0 aliphatic rings. The van der Waals surface area contributed by atoms with Gasteiger partial charge in [-0.1, -0.05) is 24.7 Å². The number of carboxylic acids is 1. The number of carbonyl (C=O) groups is 1. The topological polar surface area (TPSA) is 53.4 Å². The highest BCUT2D eigenvalue weighted by atomic mass is 32.1. The highest BCUT2D eigenvalue weighted by Gasteiger charge is 2.18. The summed E-state index contributed by atoms with van der Waals surface area (Å²) in [6.45, 7) is 2.78. The molecule has 1 N–H and O–H groups in total. The van der Waals surface area contributed by atoms with Gasteiger partial charge in [-0.25, -0.2) is 9.78 Å². The van der Waals surface area contributed by atoms with E-state index in [9.17, 15) is 9.90 Å². The summed E-state index contributed by atoms with van der Waals surface area (Å²) in [4.78, 5) is 18.0. The quantitative estimate of drug-likeness (QED) is 0.886. The standard InChI is InChI=1S/C13H16N2O2S2/c1-3-4-10-11(12(16)17)19-13(14-10)15(2)7-9-5-6-18-8-9/h5-6,8H,3-4,7H2,1-2H3,(H,16,17). The molecule has 2 aromatic heterocycles. The summed E-state index contributed by atoms with van der Waals surface area (Å²) in [5.41, 5.74) is 1.92. The van der Waals surface area contributed by atoms with Crippen LogP contribution in [0.2, 0.25) is 0 Å². The average Bonchev–Trinajstić information content (AvgIpc) is 2.98. The van der Waals surface area contributed by atoms with Gasteiger partial charge in [0, 0.05) is 13.6 Å². The zero-order valence-electron chi connectivity index (χ0n) is 10.9. The van der Waals surface area contributed by atoms with Gasteiger partial charge in [0.2, 0.25) is 0 Å². The summed E-state index contributed by atoms with van der Waals surface area (Å²) >= 11 is 2.92. The predicted molar refractivity (Wildman–Crippen MR) is 79.5 cm³/mol. The third-order valence-electron chi connectivity index (χ3n) is 2.69. The second-order valence-electron chi connectivity index (χ2n) is 4.32. The summed E-state index contributed by atoms with van der Waals surface area (Å²) in [6, 6.07) is 2.07. The van der Waals surface area contributed by atoms with Crippen LogP contribution in [-0.4, -0.2) is 23.1 Å². The lowest BCUT2D eigenvalue weighted by molar-refractivity contribution is 0.0700. The van der Waals surface area contributed by atoms with Crippen molar-refractivity contribution in [2.75, 3.05) is 11.9 Å². The summed E-state index contributed by atoms with van der Waals surface area (Å²) in [7, 11) is 1.94. The highest BCUT2D eigenvalue weighted by molar-refractivity contribution is 7.17. The molecule has 0 aliphatic heterocycles. The van der Waals surface area contributed by atoms with Crippen LogP contribution in [0, 0.1) is 0 Å². The average molecular weight is 296 g/mol. The lowest BCUT2D eigenvalue weighted by atomic mass is 10.2. The summed E-state index contributed by atoms with van der Waals surface area (Å²) in [5.74, 6) is -0.879. The minimum atomic E-state index is -0.879. The molecular formula is C13H16N2O2S2. The van der Waals surface area contributed by atoms with Crippen molar-refractivity contribution in [3.63, 3.8) is 0 Å². The van der Waals surface area contributed by atoms with Gasteiger partial charge in [-0.15, -0.1) is 0 Å². The van der Waals surface area contributed by atoms with Gasteiger partial charge >= 0.3 is 5.97 Å². The Morgan fingerprint density at radius 1 is 1.53 bits per heavy atom. The Morgan fingerprint density at radius 2 is 2.32 bits per heavy atom. The fourth-order valence-corrected chi connectivity index (χ4v) is 3.37. The van der Waals surface area contributed by atoms with Crippen molar-refractivity contribution in [3.8, 4) is 0 Å². The third kappa shape index (κ3) is 3.33. The number of aromatic carboxylic acids is 1. The maximum Gasteiger partial charge on any atom is 0.347 e. The molecule has 0 aliphatic carbocycles. The lowest BCUT2D eigenvalue weighted by Crippen LogP contribution is -2.15. The Kier molecular flexibility index (Phi) is 4.55. The predicted octanol–water partition coefficient (Wildman–Crippen LogP) is 3.49. The van der Waals surface area contributed by atoms with Crippen LogP contribution in [0.1, 0.15) is 34.3 Å². The number of anilines is 1. The smallest absolute Gasteiger partial charge is 0.347 e. The first kappa shape index (κ1) is 14.0. The molecule has 0 unspecified atom stereocenters. The van der Waals surface area contributed by atoms with Gasteiger partial charge in [-0.2, -0.15) is 11.3 Å². The van der Waals surface area contributed by atoms with Crippen LogP contribution in [0.4, 0.5) is 5.13 Å². The number of hydrogen-bond donors (Lipinski definition) is 1. The number of nitrogens with zero attached hydrogens (tertiary/aromatic N) is 2. The molecule has 0 radical (unpaired) electrons. The van der Waals surface area contributed by atoms with E-state index in [1.54, 1.807) is 11.3 Å². The molecule has 4 nitrogen and oxygen atoms in total. The number of carboxylic acid groups (broad SMARTS) is 1. The Labute approximate surface area is 120 Å². The van der Waals surface area contributed by atoms with E-state index in [1.807, 2.05) is 24.3 Å². The number of thiazole rings is 1. The van der Waals surface area contributed by atoms with E-state index in [-0.39, 0.29) is 0 Å². The van der Waals surface area contributed by atoms with E-state index in [2.05, 4.69) is 16.4 Å². The lowest BCUT2D eigenvalue weighted by Gasteiger charge is -2.14. The van der Waals surface area contributed by atoms with E-state index in [0.717, 1.165) is 18.1 Å². The molecule has 0 fully saturated rings. The zero-order valence-corrected chi connectivity index (χ0v) is 12.6. The maximum absolute atomic E-state index is 11.2. The SMILES string of the molecule is CCCc1nc(N(C)Cc2ccsc2)sc1C(=O)O. The largest absolute Gasteiger partial charge is 0.477 e. The van der Waals surface area contributed by atoms with Gasteiger partial charge in [0.05, 0.1) is 5.69 Å². The number of rotatable bonds is 6. The monoisotopic (exact) mass is 296 g/mol. The van der Waals surface area contributed by atoms with E-state index >= 15 is 0 Å². The minimum Gasteiger partial charge on any atom is -0.477 e. The van der Waals surface area contributed by atoms with Gasteiger partial charge in [-0.3, -0.25) is 0 Å². The molecule has 0 atom stereocenters. The van der Waals surface area contributed by atoms with Gasteiger partial charge in [0.1, 0.15) is 4.88 Å². The van der Waals surface area contributed by atoms with Crippen LogP contribution in [0.15, 0.2) is 16.8 Å². The van der Waals surface area contributed by atoms with Crippen molar-refractivity contribution in [1.82, 2.24) is 4.98 Å². The van der Waals surface area contributed by atoms with Gasteiger partial charge in [0.15, 0.2) is 5.13 Å². The molecular weight excluding hydrogens is 280 g/mol. The molecule has 2 rings (SSSR count). The summed E-state index contributed by atoms with van der Waals surface area (Å²) < 4.78 is 0. The van der Waals surface area contributed by atoms with Crippen molar-refractivity contribution in [1.29, 1.82) is 0 Å². The van der Waals surface area contributed by atoms with Gasteiger partial charge < -0.3 is 10.0 Å². The minimum absolute atomic E-state index is 0.369. The van der Waals surface area contributed by atoms with E-state index in [4.69, 9.17) is 0 Å². The first-order valence-corrected chi connectivity index (χ1v) is 7.83. The molecule has 19 heavy (non-hydrogen) atoms. The molecule has 0 bridgehead atoms. The molecule has 6 heteroatoms. The molecule has 2 aromatic rings. The van der Waals surface area contributed by atoms with Crippen molar-refractivity contribution in [3.05, 3.63) is 33.0 Å². The molecule has 0 aromatic carbocycles. The Morgan fingerprint density at radius 3 is 2.89 bits per heavy atom. The molecule has 0 spiro atoms. The van der Waals surface area contributed by atoms with Crippen LogP contribution >= 0.6 is 22.7 Å². The fraction of sp³-hybridized carbons (Fsp3) is 0.385. The van der Waals surface area contributed by atoms with Gasteiger partial charge in [0.25, 0.3) is 0 Å². The normalized spacial score (nSPS) is 10.6. The highest BCUT2D eigenvalue weighted by Crippen LogP contribution is 2.27. The summed E-state index contributed by atoms with van der Waals surface area (Å²) in [6.07, 6.45) is 1.61. The van der Waals surface area contributed by atoms with Crippen molar-refractivity contribution in [2.24, 2.45) is 0 Å². The number of aryl methyl sites for hydroxylation is 1. The third-order valence-corrected chi connectivity index (χ3v) is 4.63.